The fourth-order valence-electron chi connectivity index (χ4n) is 9.03. The monoisotopic (exact) mass is 702 g/mol. The van der Waals surface area contributed by atoms with Crippen molar-refractivity contribution in [1.29, 1.82) is 0 Å². The van der Waals surface area contributed by atoms with Crippen LogP contribution in [-0.2, 0) is 0 Å². The number of thiophene rings is 1. The maximum atomic E-state index is 6.71. The minimum atomic E-state index is 0.915. The Morgan fingerprint density at radius 3 is 1.72 bits per heavy atom. The van der Waals surface area contributed by atoms with Crippen molar-refractivity contribution in [2.45, 2.75) is 0 Å². The number of rotatable bonds is 3. The third-order valence-electron chi connectivity index (χ3n) is 11.4. The van der Waals surface area contributed by atoms with E-state index in [-0.39, 0.29) is 0 Å². The lowest BCUT2D eigenvalue weighted by Gasteiger charge is -2.19. The van der Waals surface area contributed by atoms with Gasteiger partial charge in [-0.05, 0) is 107 Å². The molecule has 250 valence electrons. The highest BCUT2D eigenvalue weighted by molar-refractivity contribution is 7.26. The van der Waals surface area contributed by atoms with Crippen molar-refractivity contribution in [3.8, 4) is 33.4 Å². The molecular formula is C52H30OS. The van der Waals surface area contributed by atoms with Crippen LogP contribution in [0.5, 0.6) is 0 Å². The molecule has 0 aliphatic carbocycles. The third kappa shape index (κ3) is 4.26. The predicted molar refractivity (Wildman–Crippen MR) is 233 cm³/mol. The molecule has 54 heavy (non-hydrogen) atoms. The van der Waals surface area contributed by atoms with Crippen LogP contribution in [0.1, 0.15) is 0 Å². The Morgan fingerprint density at radius 2 is 0.944 bits per heavy atom. The highest BCUT2D eigenvalue weighted by Crippen LogP contribution is 2.47. The van der Waals surface area contributed by atoms with E-state index in [4.69, 9.17) is 4.42 Å². The molecule has 12 aromatic rings. The molecule has 2 heterocycles. The van der Waals surface area contributed by atoms with E-state index in [0.717, 1.165) is 21.9 Å². The summed E-state index contributed by atoms with van der Waals surface area (Å²) in [7, 11) is 0. The average molecular weight is 703 g/mol. The highest BCUT2D eigenvalue weighted by atomic mass is 32.1. The summed E-state index contributed by atoms with van der Waals surface area (Å²) in [5, 5.41) is 14.9. The number of fused-ring (bicyclic) bond motifs is 12. The van der Waals surface area contributed by atoms with Gasteiger partial charge >= 0.3 is 0 Å². The Morgan fingerprint density at radius 1 is 0.352 bits per heavy atom. The van der Waals surface area contributed by atoms with E-state index in [1.165, 1.54) is 96.6 Å². The fourth-order valence-corrected chi connectivity index (χ4v) is 10.3. The summed E-state index contributed by atoms with van der Waals surface area (Å²) in [5.74, 6) is 0. The molecule has 2 aromatic heterocycles. The first kappa shape index (κ1) is 29.8. The summed E-state index contributed by atoms with van der Waals surface area (Å²) >= 11 is 1.86. The average Bonchev–Trinajstić information content (AvgIpc) is 3.81. The Kier molecular flexibility index (Phi) is 6.28. The van der Waals surface area contributed by atoms with E-state index in [1.807, 2.05) is 11.3 Å². The van der Waals surface area contributed by atoms with Crippen molar-refractivity contribution in [1.82, 2.24) is 0 Å². The first-order chi connectivity index (χ1) is 26.8. The van der Waals surface area contributed by atoms with Gasteiger partial charge in [0.1, 0.15) is 11.2 Å². The zero-order chi connectivity index (χ0) is 35.3. The van der Waals surface area contributed by atoms with Gasteiger partial charge in [-0.3, -0.25) is 0 Å². The second-order valence-electron chi connectivity index (χ2n) is 14.3. The molecule has 0 fully saturated rings. The topological polar surface area (TPSA) is 13.1 Å². The van der Waals surface area contributed by atoms with E-state index in [2.05, 4.69) is 182 Å². The molecule has 0 spiro atoms. The summed E-state index contributed by atoms with van der Waals surface area (Å²) in [4.78, 5) is 0. The van der Waals surface area contributed by atoms with E-state index in [9.17, 15) is 0 Å². The molecule has 10 aromatic carbocycles. The predicted octanol–water partition coefficient (Wildman–Crippen LogP) is 15.6. The zero-order valence-corrected chi connectivity index (χ0v) is 30.0. The molecule has 0 radical (unpaired) electrons. The molecule has 0 N–H and O–H groups in total. The van der Waals surface area contributed by atoms with Gasteiger partial charge in [-0.1, -0.05) is 152 Å². The lowest BCUT2D eigenvalue weighted by atomic mass is 9.84. The summed E-state index contributed by atoms with van der Waals surface area (Å²) in [6.45, 7) is 0. The van der Waals surface area contributed by atoms with E-state index < -0.39 is 0 Å². The van der Waals surface area contributed by atoms with Gasteiger partial charge in [-0.15, -0.1) is 11.3 Å². The molecule has 0 atom stereocenters. The van der Waals surface area contributed by atoms with Gasteiger partial charge in [0.05, 0.1) is 0 Å². The molecule has 0 saturated heterocycles. The van der Waals surface area contributed by atoms with Gasteiger partial charge < -0.3 is 4.42 Å². The van der Waals surface area contributed by atoms with Gasteiger partial charge in [-0.25, -0.2) is 0 Å². The largest absolute Gasteiger partial charge is 0.455 e. The number of hydrogen-bond acceptors (Lipinski definition) is 2. The fraction of sp³-hybridized carbons (Fsp3) is 0. The maximum Gasteiger partial charge on any atom is 0.144 e. The van der Waals surface area contributed by atoms with Crippen LogP contribution in [0.4, 0.5) is 0 Å². The SMILES string of the molecule is c1cc(-c2ccc3oc4c(ccc5sc6c7ccccc7ccc6c54)c3c2)cc(-c2c3ccccc3c(-c3cccc4ccccc34)c3ccccc23)c1. The summed E-state index contributed by atoms with van der Waals surface area (Å²) in [6.07, 6.45) is 0. The minimum Gasteiger partial charge on any atom is -0.455 e. The van der Waals surface area contributed by atoms with Gasteiger partial charge in [0.15, 0.2) is 0 Å². The quantitative estimate of drug-likeness (QED) is 0.167. The van der Waals surface area contributed by atoms with Crippen LogP contribution in [0.25, 0.3) is 119 Å². The summed E-state index contributed by atoms with van der Waals surface area (Å²) in [6, 6.07) is 66.7. The number of benzene rings is 10. The van der Waals surface area contributed by atoms with Crippen LogP contribution in [0, 0.1) is 0 Å². The molecule has 12 rings (SSSR count). The highest BCUT2D eigenvalue weighted by Gasteiger charge is 2.20. The third-order valence-corrected chi connectivity index (χ3v) is 12.6. The van der Waals surface area contributed by atoms with Crippen LogP contribution < -0.4 is 0 Å². The lowest BCUT2D eigenvalue weighted by molar-refractivity contribution is 0.673. The molecule has 0 aliphatic heterocycles. The van der Waals surface area contributed by atoms with Crippen LogP contribution in [0.2, 0.25) is 0 Å². The van der Waals surface area contributed by atoms with Crippen molar-refractivity contribution in [3.63, 3.8) is 0 Å². The van der Waals surface area contributed by atoms with Gasteiger partial charge in [0, 0.05) is 30.9 Å². The molecule has 0 saturated carbocycles. The first-order valence-corrected chi connectivity index (χ1v) is 19.3. The lowest BCUT2D eigenvalue weighted by Crippen LogP contribution is -1.92. The van der Waals surface area contributed by atoms with Crippen LogP contribution in [0.3, 0.4) is 0 Å². The molecule has 1 nitrogen and oxygen atoms in total. The van der Waals surface area contributed by atoms with E-state index in [1.54, 1.807) is 0 Å². The van der Waals surface area contributed by atoms with Crippen molar-refractivity contribution in [2.24, 2.45) is 0 Å². The van der Waals surface area contributed by atoms with Crippen molar-refractivity contribution in [3.05, 3.63) is 182 Å². The van der Waals surface area contributed by atoms with E-state index >= 15 is 0 Å². The molecule has 0 bridgehead atoms. The van der Waals surface area contributed by atoms with Crippen molar-refractivity contribution in [2.75, 3.05) is 0 Å². The maximum absolute atomic E-state index is 6.71. The van der Waals surface area contributed by atoms with Gasteiger partial charge in [0.25, 0.3) is 0 Å². The second kappa shape index (κ2) is 11.4. The molecule has 0 amide bonds. The Balaban J connectivity index is 1.05. The minimum absolute atomic E-state index is 0.915. The second-order valence-corrected chi connectivity index (χ2v) is 15.4. The van der Waals surface area contributed by atoms with Crippen LogP contribution in [0.15, 0.2) is 186 Å². The van der Waals surface area contributed by atoms with Gasteiger partial charge in [-0.2, -0.15) is 0 Å². The van der Waals surface area contributed by atoms with Gasteiger partial charge in [0.2, 0.25) is 0 Å². The summed E-state index contributed by atoms with van der Waals surface area (Å²) < 4.78 is 9.28. The molecule has 0 unspecified atom stereocenters. The molecule has 2 heteroatoms. The number of furan rings is 1. The molecule has 0 aliphatic rings. The van der Waals surface area contributed by atoms with Crippen molar-refractivity contribution >= 4 is 96.5 Å². The normalized spacial score (nSPS) is 12.1. The van der Waals surface area contributed by atoms with E-state index in [0.29, 0.717) is 0 Å². The molecular weight excluding hydrogens is 673 g/mol. The first-order valence-electron chi connectivity index (χ1n) is 18.5. The zero-order valence-electron chi connectivity index (χ0n) is 29.1. The Bertz CT molecular complexity index is 3450. The number of hydrogen-bond donors (Lipinski definition) is 0. The van der Waals surface area contributed by atoms with Crippen LogP contribution >= 0.6 is 11.3 Å². The van der Waals surface area contributed by atoms with Crippen LogP contribution in [-0.4, -0.2) is 0 Å². The smallest absolute Gasteiger partial charge is 0.144 e. The standard InChI is InChI=1S/C52H30OS/c1-3-16-36-31(11-1)13-10-22-38(36)49-41-20-7-5-18-39(41)48(40-19-6-8-21-42(40)49)35-15-9-14-33(29-35)34-24-27-46-45(30-34)43-26-28-47-50(51(43)53-46)44-25-23-32-12-2-4-17-37(32)52(44)54-47/h1-30H. The van der Waals surface area contributed by atoms with Crippen molar-refractivity contribution < 1.29 is 4.42 Å². The Labute approximate surface area is 314 Å². The Hall–Kier alpha value is -6.74. The summed E-state index contributed by atoms with van der Waals surface area (Å²) in [5.41, 5.74) is 9.27.